The third-order valence-corrected chi connectivity index (χ3v) is 6.18. The average molecular weight is 373 g/mol. The highest BCUT2D eigenvalue weighted by Crippen LogP contribution is 2.34. The molecule has 0 spiro atoms. The molecule has 1 aliphatic rings. The summed E-state index contributed by atoms with van der Waals surface area (Å²) in [4.78, 5) is 0. The third kappa shape index (κ3) is 4.25. The molecule has 0 radical (unpaired) electrons. The van der Waals surface area contributed by atoms with Crippen LogP contribution in [0.4, 0.5) is 0 Å². The van der Waals surface area contributed by atoms with Crippen molar-refractivity contribution in [3.05, 3.63) is 52.6 Å². The van der Waals surface area contributed by atoms with Crippen molar-refractivity contribution in [2.45, 2.75) is 45.8 Å². The quantitative estimate of drug-likeness (QED) is 0.816. The zero-order valence-corrected chi connectivity index (χ0v) is 16.7. The van der Waals surface area contributed by atoms with Crippen LogP contribution in [0.2, 0.25) is 0 Å². The molecule has 1 aliphatic heterocycles. The maximum atomic E-state index is 10.6. The van der Waals surface area contributed by atoms with Gasteiger partial charge in [0.05, 0.1) is 6.61 Å². The Morgan fingerprint density at radius 1 is 1.00 bits per heavy atom. The molecule has 0 unspecified atom stereocenters. The van der Waals surface area contributed by atoms with Gasteiger partial charge in [-0.1, -0.05) is 12.1 Å². The lowest BCUT2D eigenvalue weighted by Crippen LogP contribution is -2.39. The molecular weight excluding hydrogens is 344 g/mol. The van der Waals surface area contributed by atoms with Gasteiger partial charge < -0.3 is 14.9 Å². The maximum Gasteiger partial charge on any atom is 0.120 e. The van der Waals surface area contributed by atoms with Gasteiger partial charge in [0.15, 0.2) is 0 Å². The highest BCUT2D eigenvalue weighted by molar-refractivity contribution is 7.99. The largest absolute Gasteiger partial charge is 0.491 e. The fourth-order valence-electron chi connectivity index (χ4n) is 3.58. The van der Waals surface area contributed by atoms with Crippen molar-refractivity contribution in [3.63, 3.8) is 0 Å². The SMILES string of the molecule is Cc1ccc(CO)cc1-c1c(C)cc(OCC2(O)CCSCC2)cc1C. The molecular formula is C22H28O3S. The number of aliphatic hydroxyl groups is 2. The normalized spacial score (nSPS) is 16.5. The van der Waals surface area contributed by atoms with E-state index in [1.165, 1.54) is 11.1 Å². The minimum absolute atomic E-state index is 0.0451. The molecule has 3 nitrogen and oxygen atoms in total. The molecule has 26 heavy (non-hydrogen) atoms. The zero-order valence-electron chi connectivity index (χ0n) is 15.8. The highest BCUT2D eigenvalue weighted by Gasteiger charge is 2.30. The molecule has 2 N–H and O–H groups in total. The number of thioether (sulfide) groups is 1. The van der Waals surface area contributed by atoms with Crippen LogP contribution < -0.4 is 4.74 Å². The molecule has 4 heteroatoms. The van der Waals surface area contributed by atoms with Gasteiger partial charge in [-0.15, -0.1) is 0 Å². The summed E-state index contributed by atoms with van der Waals surface area (Å²) >= 11 is 1.89. The van der Waals surface area contributed by atoms with E-state index in [0.29, 0.717) is 6.61 Å². The van der Waals surface area contributed by atoms with E-state index in [4.69, 9.17) is 4.74 Å². The topological polar surface area (TPSA) is 49.7 Å². The van der Waals surface area contributed by atoms with Crippen molar-refractivity contribution < 1.29 is 14.9 Å². The van der Waals surface area contributed by atoms with Crippen molar-refractivity contribution in [2.24, 2.45) is 0 Å². The summed E-state index contributed by atoms with van der Waals surface area (Å²) in [5.74, 6) is 2.81. The van der Waals surface area contributed by atoms with Gasteiger partial charge in [-0.25, -0.2) is 0 Å². The fourth-order valence-corrected chi connectivity index (χ4v) is 4.83. The molecule has 1 saturated heterocycles. The summed E-state index contributed by atoms with van der Waals surface area (Å²) in [6.07, 6.45) is 1.59. The molecule has 0 atom stereocenters. The van der Waals surface area contributed by atoms with E-state index in [2.05, 4.69) is 32.9 Å². The first-order chi connectivity index (χ1) is 12.4. The monoisotopic (exact) mass is 372 g/mol. The third-order valence-electron chi connectivity index (χ3n) is 5.19. The standard InChI is InChI=1S/C22H28O3S/c1-15-4-5-18(13-23)12-20(15)21-16(2)10-19(11-17(21)3)25-14-22(24)6-8-26-9-7-22/h4-5,10-12,23-24H,6-9,13-14H2,1-3H3. The number of aliphatic hydroxyl groups excluding tert-OH is 1. The van der Waals surface area contributed by atoms with Gasteiger partial charge in [-0.2, -0.15) is 11.8 Å². The molecule has 0 aromatic heterocycles. The molecule has 1 heterocycles. The van der Waals surface area contributed by atoms with Crippen molar-refractivity contribution in [1.82, 2.24) is 0 Å². The second-order valence-electron chi connectivity index (χ2n) is 7.36. The zero-order chi connectivity index (χ0) is 18.7. The molecule has 0 saturated carbocycles. The van der Waals surface area contributed by atoms with Crippen LogP contribution in [0.15, 0.2) is 30.3 Å². The molecule has 140 valence electrons. The highest BCUT2D eigenvalue weighted by atomic mass is 32.2. The van der Waals surface area contributed by atoms with E-state index in [-0.39, 0.29) is 6.61 Å². The summed E-state index contributed by atoms with van der Waals surface area (Å²) in [5.41, 5.74) is 6.04. The van der Waals surface area contributed by atoms with Crippen LogP contribution in [0, 0.1) is 20.8 Å². The van der Waals surface area contributed by atoms with Crippen LogP contribution in [-0.4, -0.2) is 33.9 Å². The van der Waals surface area contributed by atoms with Gasteiger partial charge in [-0.05, 0) is 96.7 Å². The van der Waals surface area contributed by atoms with E-state index in [1.54, 1.807) is 0 Å². The van der Waals surface area contributed by atoms with Crippen LogP contribution in [0.1, 0.15) is 35.1 Å². The van der Waals surface area contributed by atoms with Crippen LogP contribution in [0.5, 0.6) is 5.75 Å². The van der Waals surface area contributed by atoms with Crippen molar-refractivity contribution in [2.75, 3.05) is 18.1 Å². The Bertz CT molecular complexity index is 756. The summed E-state index contributed by atoms with van der Waals surface area (Å²) in [6.45, 7) is 6.67. The van der Waals surface area contributed by atoms with E-state index >= 15 is 0 Å². The van der Waals surface area contributed by atoms with Gasteiger partial charge >= 0.3 is 0 Å². The Labute approximate surface area is 160 Å². The van der Waals surface area contributed by atoms with Crippen molar-refractivity contribution in [3.8, 4) is 16.9 Å². The number of benzene rings is 2. The van der Waals surface area contributed by atoms with Gasteiger partial charge in [0.2, 0.25) is 0 Å². The van der Waals surface area contributed by atoms with Crippen LogP contribution in [-0.2, 0) is 6.61 Å². The van der Waals surface area contributed by atoms with Crippen LogP contribution >= 0.6 is 11.8 Å². The molecule has 2 aromatic carbocycles. The lowest BCUT2D eigenvalue weighted by Gasteiger charge is -2.31. The van der Waals surface area contributed by atoms with Crippen LogP contribution in [0.3, 0.4) is 0 Å². The molecule has 0 aliphatic carbocycles. The molecule has 2 aromatic rings. The van der Waals surface area contributed by atoms with E-state index in [9.17, 15) is 10.2 Å². The summed E-state index contributed by atoms with van der Waals surface area (Å²) in [5, 5.41) is 20.1. The van der Waals surface area contributed by atoms with Crippen molar-refractivity contribution in [1.29, 1.82) is 0 Å². The number of aryl methyl sites for hydroxylation is 3. The lowest BCUT2D eigenvalue weighted by atomic mass is 9.91. The molecule has 0 bridgehead atoms. The molecule has 0 amide bonds. The Kier molecular flexibility index (Phi) is 5.96. The summed E-state index contributed by atoms with van der Waals surface area (Å²) in [6, 6.07) is 10.2. The first kappa shape index (κ1) is 19.3. The predicted octanol–water partition coefficient (Wildman–Crippen LogP) is 4.41. The van der Waals surface area contributed by atoms with Gasteiger partial charge in [0.25, 0.3) is 0 Å². The number of rotatable bonds is 5. The van der Waals surface area contributed by atoms with Gasteiger partial charge in [0, 0.05) is 0 Å². The van der Waals surface area contributed by atoms with Crippen molar-refractivity contribution >= 4 is 11.8 Å². The Morgan fingerprint density at radius 2 is 1.65 bits per heavy atom. The summed E-state index contributed by atoms with van der Waals surface area (Å²) in [7, 11) is 0. The van der Waals surface area contributed by atoms with E-state index in [1.807, 2.05) is 30.0 Å². The minimum atomic E-state index is -0.697. The maximum absolute atomic E-state index is 10.6. The number of hydrogen-bond acceptors (Lipinski definition) is 4. The summed E-state index contributed by atoms with van der Waals surface area (Å²) < 4.78 is 5.98. The minimum Gasteiger partial charge on any atom is -0.491 e. The van der Waals surface area contributed by atoms with E-state index in [0.717, 1.165) is 52.4 Å². The number of hydrogen-bond donors (Lipinski definition) is 2. The van der Waals surface area contributed by atoms with Crippen LogP contribution in [0.25, 0.3) is 11.1 Å². The lowest BCUT2D eigenvalue weighted by molar-refractivity contribution is -0.0115. The Morgan fingerprint density at radius 3 is 2.27 bits per heavy atom. The second kappa shape index (κ2) is 8.03. The fraction of sp³-hybridized carbons (Fsp3) is 0.455. The first-order valence-electron chi connectivity index (χ1n) is 9.17. The Hall–Kier alpha value is -1.49. The van der Waals surface area contributed by atoms with Gasteiger partial charge in [-0.3, -0.25) is 0 Å². The van der Waals surface area contributed by atoms with Gasteiger partial charge in [0.1, 0.15) is 18.0 Å². The second-order valence-corrected chi connectivity index (χ2v) is 8.59. The predicted molar refractivity (Wildman–Crippen MR) is 109 cm³/mol. The Balaban J connectivity index is 1.85. The smallest absolute Gasteiger partial charge is 0.120 e. The molecule has 1 fully saturated rings. The van der Waals surface area contributed by atoms with E-state index < -0.39 is 5.60 Å². The average Bonchev–Trinajstić information content (AvgIpc) is 2.62. The first-order valence-corrected chi connectivity index (χ1v) is 10.3. The number of ether oxygens (including phenoxy) is 1. The molecule has 3 rings (SSSR count).